The van der Waals surface area contributed by atoms with Gasteiger partial charge in [0.15, 0.2) is 23.8 Å². The number of H-pyrrole nitrogens is 1. The van der Waals surface area contributed by atoms with E-state index < -0.39 is 65.6 Å². The summed E-state index contributed by atoms with van der Waals surface area (Å²) < 4.78 is 42.9. The van der Waals surface area contributed by atoms with Crippen LogP contribution in [0.3, 0.4) is 0 Å². The Bertz CT molecular complexity index is 3190. The number of hydrogen-bond acceptors (Lipinski definition) is 13. The second-order valence-electron chi connectivity index (χ2n) is 31.6. The van der Waals surface area contributed by atoms with Crippen LogP contribution >= 0.6 is 0 Å². The molecule has 4 aromatic carbocycles. The fraction of sp³-hybridized carbons (Fsp3) is 0.684. The maximum absolute atomic E-state index is 14.3. The second kappa shape index (κ2) is 59.1. The second-order valence-corrected chi connectivity index (χ2v) is 31.6. The third-order valence-electron chi connectivity index (χ3n) is 22.5. The van der Waals surface area contributed by atoms with E-state index in [0.29, 0.717) is 54.1 Å². The van der Waals surface area contributed by atoms with Crippen LogP contribution in [0.25, 0.3) is 0 Å². The summed E-state index contributed by atoms with van der Waals surface area (Å²) in [5.74, 6) is 1.10. The van der Waals surface area contributed by atoms with Gasteiger partial charge in [-0.05, 0) is 79.3 Å². The number of aromatic amines is 1. The number of ether oxygens (including phenoxy) is 7. The van der Waals surface area contributed by atoms with E-state index in [1.165, 1.54) is 289 Å². The number of carbonyl (C=O) groups is 2. The van der Waals surface area contributed by atoms with Gasteiger partial charge in [0.05, 0.1) is 52.0 Å². The van der Waals surface area contributed by atoms with Crippen LogP contribution in [0, 0.1) is 12.8 Å². The molecule has 16 nitrogen and oxygen atoms in total. The number of unbranched alkanes of at least 4 members (excludes halogenated alkanes) is 45. The number of methoxy groups -OCH3 is 2. The highest BCUT2D eigenvalue weighted by atomic mass is 16.6. The predicted octanol–water partition coefficient (Wildman–Crippen LogP) is 23.4. The molecule has 0 spiro atoms. The average Bonchev–Trinajstić information content (AvgIpc) is 0.755. The van der Waals surface area contributed by atoms with Crippen LogP contribution in [-0.4, -0.2) is 90.6 Å². The number of primary amides is 1. The molecule has 1 saturated heterocycles. The van der Waals surface area contributed by atoms with E-state index in [1.807, 2.05) is 78.9 Å². The monoisotopic (exact) mass is 1540 g/mol. The van der Waals surface area contributed by atoms with Gasteiger partial charge in [-0.25, -0.2) is 4.79 Å². The maximum atomic E-state index is 14.3. The highest BCUT2D eigenvalue weighted by Gasteiger charge is 2.51. The lowest BCUT2D eigenvalue weighted by Crippen LogP contribution is -2.45. The normalized spacial score (nSPS) is 15.1. The van der Waals surface area contributed by atoms with Crippen molar-refractivity contribution in [2.24, 2.45) is 11.7 Å². The Morgan fingerprint density at radius 1 is 0.486 bits per heavy atom. The maximum Gasteiger partial charge on any atom is 0.330 e. The minimum absolute atomic E-state index is 0.214. The number of rotatable bonds is 65. The number of hydrogen-bond donors (Lipinski definition) is 4. The number of carbonyl (C=O) groups excluding carboxylic acids is 2. The van der Waals surface area contributed by atoms with Crippen LogP contribution in [0.1, 0.15) is 375 Å². The van der Waals surface area contributed by atoms with Crippen LogP contribution in [-0.2, 0) is 19.7 Å². The molecule has 2 heterocycles. The van der Waals surface area contributed by atoms with E-state index >= 15 is 0 Å². The minimum Gasteiger partial charge on any atom is -0.497 e. The highest BCUT2D eigenvalue weighted by Crippen LogP contribution is 2.48. The van der Waals surface area contributed by atoms with Crippen molar-refractivity contribution in [1.82, 2.24) is 9.55 Å². The number of aliphatic hydroxyl groups excluding tert-OH is 2. The van der Waals surface area contributed by atoms with E-state index in [-0.39, 0.29) is 5.56 Å². The summed E-state index contributed by atoms with van der Waals surface area (Å²) in [7, 11) is 3.15. The number of aryl methyl sites for hydroxylation is 1. The Kier molecular flexibility index (Phi) is 50.6. The van der Waals surface area contributed by atoms with E-state index in [2.05, 4.69) is 25.8 Å². The van der Waals surface area contributed by atoms with Gasteiger partial charge in [0.25, 0.3) is 5.56 Å². The van der Waals surface area contributed by atoms with Gasteiger partial charge < -0.3 is 49.1 Å². The number of esters is 1. The summed E-state index contributed by atoms with van der Waals surface area (Å²) in [6, 6.07) is 27.9. The van der Waals surface area contributed by atoms with Gasteiger partial charge in [-0.1, -0.05) is 371 Å². The zero-order valence-electron chi connectivity index (χ0n) is 70.3. The predicted molar refractivity (Wildman–Crippen MR) is 455 cm³/mol. The Balaban J connectivity index is 0.000000423. The molecule has 1 aliphatic heterocycles. The van der Waals surface area contributed by atoms with Gasteiger partial charge in [0.2, 0.25) is 11.7 Å². The summed E-state index contributed by atoms with van der Waals surface area (Å²) >= 11 is 0. The van der Waals surface area contributed by atoms with Gasteiger partial charge >= 0.3 is 11.7 Å². The summed E-state index contributed by atoms with van der Waals surface area (Å²) in [4.78, 5) is 53.4. The number of aromatic nitrogens is 2. The van der Waals surface area contributed by atoms with Crippen LogP contribution in [0.15, 0.2) is 107 Å². The minimum atomic E-state index is -1.53. The molecule has 1 fully saturated rings. The first kappa shape index (κ1) is 95.0. The lowest BCUT2D eigenvalue weighted by molar-refractivity contribution is -0.162. The van der Waals surface area contributed by atoms with Crippen molar-refractivity contribution < 1.29 is 53.0 Å². The van der Waals surface area contributed by atoms with Gasteiger partial charge in [-0.3, -0.25) is 23.9 Å². The highest BCUT2D eigenvalue weighted by molar-refractivity contribution is 5.94. The lowest BCUT2D eigenvalue weighted by atomic mass is 9.62. The molecule has 1 aromatic heterocycles. The fourth-order valence-electron chi connectivity index (χ4n) is 15.7. The number of nitrogens with zero attached hydrogens (tertiary/aromatic N) is 1. The first-order valence-electron chi connectivity index (χ1n) is 44.5. The van der Waals surface area contributed by atoms with Crippen molar-refractivity contribution in [2.45, 2.75) is 373 Å². The quantitative estimate of drug-likeness (QED) is 0.0162. The third-order valence-corrected chi connectivity index (χ3v) is 22.5. The number of nitrogens with one attached hydrogen (secondary N) is 1. The first-order chi connectivity index (χ1) is 54.3. The number of aliphatic hydroxyl groups is 2. The molecule has 16 heteroatoms. The molecule has 0 bridgehead atoms. The molecule has 624 valence electrons. The van der Waals surface area contributed by atoms with Crippen molar-refractivity contribution in [3.8, 4) is 28.7 Å². The topological polar surface area (TPSA) is 220 Å². The molecule has 5 N–H and O–H groups in total. The zero-order chi connectivity index (χ0) is 79.8. The largest absolute Gasteiger partial charge is 0.497 e. The van der Waals surface area contributed by atoms with Crippen molar-refractivity contribution in [1.29, 1.82) is 0 Å². The van der Waals surface area contributed by atoms with Crippen LogP contribution in [0.5, 0.6) is 28.7 Å². The van der Waals surface area contributed by atoms with Crippen molar-refractivity contribution in [2.75, 3.05) is 40.6 Å². The molecule has 0 saturated carbocycles. The zero-order valence-corrected chi connectivity index (χ0v) is 70.3. The first-order valence-corrected chi connectivity index (χ1v) is 44.5. The van der Waals surface area contributed by atoms with Gasteiger partial charge in [-0.15, -0.1) is 0 Å². The fourth-order valence-corrected chi connectivity index (χ4v) is 15.7. The molecule has 111 heavy (non-hydrogen) atoms. The number of amides is 1. The molecule has 0 radical (unpaired) electrons. The van der Waals surface area contributed by atoms with E-state index in [0.717, 1.165) is 53.4 Å². The Hall–Kier alpha value is -6.62. The van der Waals surface area contributed by atoms with Crippen LogP contribution in [0.4, 0.5) is 0 Å². The molecular formula is C95H151N3O13. The average molecular weight is 1540 g/mol. The lowest BCUT2D eigenvalue weighted by Gasteiger charge is -2.40. The Morgan fingerprint density at radius 3 is 1.14 bits per heavy atom. The van der Waals surface area contributed by atoms with Gasteiger partial charge in [0, 0.05) is 17.3 Å². The molecule has 1 aliphatic rings. The van der Waals surface area contributed by atoms with E-state index in [1.54, 1.807) is 33.3 Å². The molecular weight excluding hydrogens is 1390 g/mol. The SMILES string of the molecule is CCCCCCCCCCCCCCCCCCOc1cc(C(N)=O)cc(OCCCCCCCCCCCCCCCCCC)c1OCCCCCCCCCCCCCCCCCC.COc1ccc(C(c2ccccc2)(c2ccc(OC)cc2)C(C)C(=O)O[C@H]2[C@@H](O)[C@H](n3cc(C)c(=O)[nH]c3=O)O[C@@H]2CO)cc1. The van der Waals surface area contributed by atoms with Gasteiger partial charge in [0.1, 0.15) is 23.7 Å². The van der Waals surface area contributed by atoms with Crippen molar-refractivity contribution >= 4 is 11.9 Å². The molecule has 0 aliphatic carbocycles. The standard InChI is InChI=1S/C61H115NO4.C34H36N2O9/c1-4-7-10-13-16-19-22-25-28-31-34-37-40-43-46-49-52-64-58-55-57(61(62)63)56-59(65-53-50-47-44-41-38-35-32-29-26-23-20-17-14-11-8-5-2)60(58)66-54-51-48-45-42-39-36-33-30-27-24-21-18-15-12-9-6-3;1-20-18-36(33(41)35-30(20)39)31-28(38)29(27(19-37)44-31)45-32(40)21(2)34(22-8-6-5-7-9-22,23-10-14-25(42-3)15-11-23)24-12-16-26(43-4)17-13-24/h55-56H,4-54H2,1-3H3,(H2,62,63);5-18,21,27-29,31,37-38H,19H2,1-4H3,(H,35,39,41)/t;21?,27-,28-,29-,31-/m.1/s1. The van der Waals surface area contributed by atoms with Crippen LogP contribution < -0.4 is 40.7 Å². The Morgan fingerprint density at radius 2 is 0.811 bits per heavy atom. The van der Waals surface area contributed by atoms with E-state index in [9.17, 15) is 29.4 Å². The molecule has 5 atom stereocenters. The molecule has 1 amide bonds. The summed E-state index contributed by atoms with van der Waals surface area (Å²) in [5.41, 5.74) is 6.36. The molecule has 6 rings (SSSR count). The number of benzene rings is 4. The van der Waals surface area contributed by atoms with E-state index in [4.69, 9.17) is 38.9 Å². The third kappa shape index (κ3) is 35.8. The van der Waals surface area contributed by atoms with Crippen molar-refractivity contribution in [3.05, 3.63) is 146 Å². The number of nitrogens with two attached hydrogens (primary N) is 1. The molecule has 5 aromatic rings. The van der Waals surface area contributed by atoms with Crippen molar-refractivity contribution in [3.63, 3.8) is 0 Å². The Labute approximate surface area is 670 Å². The molecule has 1 unspecified atom stereocenters. The summed E-state index contributed by atoms with van der Waals surface area (Å²) in [6.45, 7) is 11.4. The summed E-state index contributed by atoms with van der Waals surface area (Å²) in [5, 5.41) is 21.4. The smallest absolute Gasteiger partial charge is 0.330 e. The van der Waals surface area contributed by atoms with Gasteiger partial charge in [-0.2, -0.15) is 0 Å². The van der Waals surface area contributed by atoms with Crippen LogP contribution in [0.2, 0.25) is 0 Å². The summed E-state index contributed by atoms with van der Waals surface area (Å²) in [6.07, 6.45) is 60.6.